The van der Waals surface area contributed by atoms with Crippen molar-refractivity contribution in [1.29, 1.82) is 0 Å². The minimum absolute atomic E-state index is 0.0639. The molecule has 0 aliphatic carbocycles. The molecule has 1 aromatic carbocycles. The molecule has 0 aromatic heterocycles. The summed E-state index contributed by atoms with van der Waals surface area (Å²) in [5, 5.41) is 3.77. The minimum Gasteiger partial charge on any atom is -0.494 e. The zero-order valence-corrected chi connectivity index (χ0v) is 11.8. The molecule has 4 heteroatoms. The molecule has 17 heavy (non-hydrogen) atoms. The maximum absolute atomic E-state index is 11.8. The van der Waals surface area contributed by atoms with Gasteiger partial charge in [0.05, 0.1) is 6.61 Å². The van der Waals surface area contributed by atoms with Gasteiger partial charge in [-0.05, 0) is 38.5 Å². The third kappa shape index (κ3) is 5.22. The summed E-state index contributed by atoms with van der Waals surface area (Å²) in [6.07, 6.45) is 0.947. The van der Waals surface area contributed by atoms with Gasteiger partial charge in [-0.1, -0.05) is 22.0 Å². The Labute approximate surface area is 111 Å². The second kappa shape index (κ2) is 7.33. The number of carbonyl (C=O) groups is 1. The molecule has 1 N–H and O–H groups in total. The van der Waals surface area contributed by atoms with Gasteiger partial charge in [-0.2, -0.15) is 0 Å². The minimum atomic E-state index is -0.0639. The van der Waals surface area contributed by atoms with Crippen LogP contribution in [0.1, 0.15) is 30.6 Å². The predicted octanol–water partition coefficient (Wildman–Crippen LogP) is 2.99. The van der Waals surface area contributed by atoms with Crippen molar-refractivity contribution >= 4 is 21.8 Å². The van der Waals surface area contributed by atoms with E-state index in [1.165, 1.54) is 0 Å². The summed E-state index contributed by atoms with van der Waals surface area (Å²) in [7, 11) is 0. The van der Waals surface area contributed by atoms with Crippen molar-refractivity contribution in [3.05, 3.63) is 29.8 Å². The standard InChI is InChI=1S/C13H18BrNO2/c1-10(2)15-13(16)11-5-3-6-12(9-11)17-8-4-7-14/h3,5-6,9-10H,4,7-8H2,1-2H3,(H,15,16). The van der Waals surface area contributed by atoms with Crippen LogP contribution in [-0.2, 0) is 0 Å². The van der Waals surface area contributed by atoms with E-state index in [1.54, 1.807) is 12.1 Å². The molecule has 0 fully saturated rings. The van der Waals surface area contributed by atoms with Gasteiger partial charge >= 0.3 is 0 Å². The van der Waals surface area contributed by atoms with E-state index in [9.17, 15) is 4.79 Å². The second-order valence-electron chi connectivity index (χ2n) is 4.05. The van der Waals surface area contributed by atoms with Gasteiger partial charge in [-0.3, -0.25) is 4.79 Å². The largest absolute Gasteiger partial charge is 0.494 e. The molecule has 1 aromatic rings. The lowest BCUT2D eigenvalue weighted by atomic mass is 10.2. The summed E-state index contributed by atoms with van der Waals surface area (Å²) < 4.78 is 5.53. The quantitative estimate of drug-likeness (QED) is 0.648. The molecule has 0 heterocycles. The number of carbonyl (C=O) groups excluding carboxylic acids is 1. The van der Waals surface area contributed by atoms with Crippen molar-refractivity contribution in [1.82, 2.24) is 5.32 Å². The number of benzene rings is 1. The van der Waals surface area contributed by atoms with Crippen LogP contribution in [0.4, 0.5) is 0 Å². The fourth-order valence-electron chi connectivity index (χ4n) is 1.32. The van der Waals surface area contributed by atoms with Crippen molar-refractivity contribution in [2.24, 2.45) is 0 Å². The Balaban J connectivity index is 2.61. The molecular weight excluding hydrogens is 282 g/mol. The van der Waals surface area contributed by atoms with Crippen LogP contribution in [0.3, 0.4) is 0 Å². The average Bonchev–Trinajstić information content (AvgIpc) is 2.29. The van der Waals surface area contributed by atoms with Gasteiger partial charge in [0.2, 0.25) is 0 Å². The first-order valence-electron chi connectivity index (χ1n) is 5.73. The molecule has 0 spiro atoms. The van der Waals surface area contributed by atoms with E-state index in [2.05, 4.69) is 21.2 Å². The molecule has 0 aliphatic heterocycles. The summed E-state index contributed by atoms with van der Waals surface area (Å²) in [5.41, 5.74) is 0.634. The van der Waals surface area contributed by atoms with Crippen LogP contribution >= 0.6 is 15.9 Å². The molecule has 3 nitrogen and oxygen atoms in total. The number of halogens is 1. The third-order valence-corrected chi connectivity index (χ3v) is 2.62. The lowest BCUT2D eigenvalue weighted by Crippen LogP contribution is -2.30. The normalized spacial score (nSPS) is 10.4. The van der Waals surface area contributed by atoms with Crippen molar-refractivity contribution in [2.45, 2.75) is 26.3 Å². The van der Waals surface area contributed by atoms with Gasteiger partial charge in [0.25, 0.3) is 5.91 Å². The molecule has 0 unspecified atom stereocenters. The molecule has 94 valence electrons. The monoisotopic (exact) mass is 299 g/mol. The fourth-order valence-corrected chi connectivity index (χ4v) is 1.55. The van der Waals surface area contributed by atoms with Crippen molar-refractivity contribution in [3.63, 3.8) is 0 Å². The van der Waals surface area contributed by atoms with Crippen molar-refractivity contribution in [3.8, 4) is 5.75 Å². The van der Waals surface area contributed by atoms with E-state index in [0.717, 1.165) is 17.5 Å². The maximum atomic E-state index is 11.8. The molecule has 0 saturated carbocycles. The van der Waals surface area contributed by atoms with Gasteiger partial charge in [-0.25, -0.2) is 0 Å². The molecule has 0 atom stereocenters. The molecular formula is C13H18BrNO2. The first-order chi connectivity index (χ1) is 8.13. The summed E-state index contributed by atoms with van der Waals surface area (Å²) in [5.74, 6) is 0.674. The summed E-state index contributed by atoms with van der Waals surface area (Å²) in [4.78, 5) is 11.8. The Morgan fingerprint density at radius 1 is 1.47 bits per heavy atom. The van der Waals surface area contributed by atoms with Crippen molar-refractivity contribution < 1.29 is 9.53 Å². The second-order valence-corrected chi connectivity index (χ2v) is 4.84. The Hall–Kier alpha value is -1.03. The van der Waals surface area contributed by atoms with Crippen LogP contribution in [0.2, 0.25) is 0 Å². The lowest BCUT2D eigenvalue weighted by Gasteiger charge is -2.10. The first kappa shape index (κ1) is 14.0. The van der Waals surface area contributed by atoms with Crippen LogP contribution < -0.4 is 10.1 Å². The summed E-state index contributed by atoms with van der Waals surface area (Å²) in [6, 6.07) is 7.39. The molecule has 0 aliphatic rings. The number of amides is 1. The number of nitrogens with one attached hydrogen (secondary N) is 1. The van der Waals surface area contributed by atoms with Gasteiger partial charge in [0, 0.05) is 16.9 Å². The van der Waals surface area contributed by atoms with E-state index in [4.69, 9.17) is 4.74 Å². The zero-order chi connectivity index (χ0) is 12.7. The number of hydrogen-bond donors (Lipinski definition) is 1. The highest BCUT2D eigenvalue weighted by Gasteiger charge is 2.07. The van der Waals surface area contributed by atoms with E-state index in [-0.39, 0.29) is 11.9 Å². The highest BCUT2D eigenvalue weighted by molar-refractivity contribution is 9.09. The highest BCUT2D eigenvalue weighted by atomic mass is 79.9. The lowest BCUT2D eigenvalue weighted by molar-refractivity contribution is 0.0942. The maximum Gasteiger partial charge on any atom is 0.251 e. The Morgan fingerprint density at radius 3 is 2.88 bits per heavy atom. The summed E-state index contributed by atoms with van der Waals surface area (Å²) in [6.45, 7) is 4.53. The highest BCUT2D eigenvalue weighted by Crippen LogP contribution is 2.13. The Kier molecular flexibility index (Phi) is 6.05. The third-order valence-electron chi connectivity index (χ3n) is 2.06. The number of ether oxygens (including phenoxy) is 1. The number of hydrogen-bond acceptors (Lipinski definition) is 2. The van der Waals surface area contributed by atoms with E-state index in [1.807, 2.05) is 26.0 Å². The molecule has 0 bridgehead atoms. The Morgan fingerprint density at radius 2 is 2.24 bits per heavy atom. The fraction of sp³-hybridized carbons (Fsp3) is 0.462. The van der Waals surface area contributed by atoms with Crippen LogP contribution in [-0.4, -0.2) is 23.9 Å². The van der Waals surface area contributed by atoms with Crippen LogP contribution in [0.25, 0.3) is 0 Å². The molecule has 1 amide bonds. The number of rotatable bonds is 6. The SMILES string of the molecule is CC(C)NC(=O)c1cccc(OCCCBr)c1. The predicted molar refractivity (Wildman–Crippen MR) is 73.0 cm³/mol. The topological polar surface area (TPSA) is 38.3 Å². The smallest absolute Gasteiger partial charge is 0.251 e. The van der Waals surface area contributed by atoms with Gasteiger partial charge in [-0.15, -0.1) is 0 Å². The number of alkyl halides is 1. The van der Waals surface area contributed by atoms with Crippen LogP contribution in [0.15, 0.2) is 24.3 Å². The summed E-state index contributed by atoms with van der Waals surface area (Å²) >= 11 is 3.34. The van der Waals surface area contributed by atoms with Gasteiger partial charge in [0.1, 0.15) is 5.75 Å². The molecule has 0 saturated heterocycles. The molecule has 0 radical (unpaired) electrons. The van der Waals surface area contributed by atoms with E-state index < -0.39 is 0 Å². The first-order valence-corrected chi connectivity index (χ1v) is 6.85. The van der Waals surface area contributed by atoms with Crippen LogP contribution in [0, 0.1) is 0 Å². The average molecular weight is 300 g/mol. The molecule has 1 rings (SSSR count). The Bertz CT molecular complexity index is 366. The zero-order valence-electron chi connectivity index (χ0n) is 10.2. The van der Waals surface area contributed by atoms with Crippen molar-refractivity contribution in [2.75, 3.05) is 11.9 Å². The van der Waals surface area contributed by atoms with Crippen LogP contribution in [0.5, 0.6) is 5.75 Å². The van der Waals surface area contributed by atoms with Gasteiger partial charge < -0.3 is 10.1 Å². The van der Waals surface area contributed by atoms with Gasteiger partial charge in [0.15, 0.2) is 0 Å². The van der Waals surface area contributed by atoms with E-state index >= 15 is 0 Å². The van der Waals surface area contributed by atoms with E-state index in [0.29, 0.717) is 12.2 Å².